The van der Waals surface area contributed by atoms with Crippen LogP contribution >= 0.6 is 23.2 Å². The first-order chi connectivity index (χ1) is 11.5. The van der Waals surface area contributed by atoms with Gasteiger partial charge in [-0.05, 0) is 48.7 Å². The van der Waals surface area contributed by atoms with Gasteiger partial charge in [-0.25, -0.2) is 0 Å². The first-order valence-electron chi connectivity index (χ1n) is 7.65. The van der Waals surface area contributed by atoms with Crippen molar-refractivity contribution >= 4 is 40.7 Å². The SMILES string of the molecule is O=C(NCc1ccc(NC(=O)C2CC2)cc1)c1cc(Cl)cc(Cl)c1. The number of anilines is 1. The number of carbonyl (C=O) groups excluding carboxylic acids is 2. The van der Waals surface area contributed by atoms with E-state index in [0.717, 1.165) is 24.1 Å². The Labute approximate surface area is 150 Å². The molecule has 1 saturated carbocycles. The Kier molecular flexibility index (Phi) is 5.07. The lowest BCUT2D eigenvalue weighted by molar-refractivity contribution is -0.117. The minimum atomic E-state index is -0.245. The summed E-state index contributed by atoms with van der Waals surface area (Å²) in [5.74, 6) is 0.00730. The molecule has 2 amide bonds. The third-order valence-electron chi connectivity index (χ3n) is 3.75. The highest BCUT2D eigenvalue weighted by atomic mass is 35.5. The molecular weight excluding hydrogens is 347 g/mol. The summed E-state index contributed by atoms with van der Waals surface area (Å²) in [5, 5.41) is 6.53. The van der Waals surface area contributed by atoms with Gasteiger partial charge in [-0.3, -0.25) is 9.59 Å². The van der Waals surface area contributed by atoms with E-state index in [1.807, 2.05) is 24.3 Å². The molecule has 1 aliphatic carbocycles. The molecule has 24 heavy (non-hydrogen) atoms. The second-order valence-corrected chi connectivity index (χ2v) is 6.67. The zero-order valence-corrected chi connectivity index (χ0v) is 14.3. The molecule has 0 atom stereocenters. The third kappa shape index (κ3) is 4.49. The highest BCUT2D eigenvalue weighted by Gasteiger charge is 2.29. The smallest absolute Gasteiger partial charge is 0.251 e. The Morgan fingerprint density at radius 3 is 2.21 bits per heavy atom. The van der Waals surface area contributed by atoms with Crippen molar-refractivity contribution < 1.29 is 9.59 Å². The van der Waals surface area contributed by atoms with Crippen LogP contribution in [-0.2, 0) is 11.3 Å². The molecule has 2 aromatic rings. The van der Waals surface area contributed by atoms with Gasteiger partial charge >= 0.3 is 0 Å². The van der Waals surface area contributed by atoms with Gasteiger partial charge in [-0.15, -0.1) is 0 Å². The summed E-state index contributed by atoms with van der Waals surface area (Å²) in [5.41, 5.74) is 2.12. The van der Waals surface area contributed by atoms with Gasteiger partial charge < -0.3 is 10.6 Å². The number of amides is 2. The summed E-state index contributed by atoms with van der Waals surface area (Å²) >= 11 is 11.8. The molecule has 0 radical (unpaired) electrons. The van der Waals surface area contributed by atoms with Gasteiger partial charge in [-0.2, -0.15) is 0 Å². The van der Waals surface area contributed by atoms with Gasteiger partial charge in [0.05, 0.1) is 0 Å². The molecule has 6 heteroatoms. The van der Waals surface area contributed by atoms with Crippen LogP contribution in [0.15, 0.2) is 42.5 Å². The lowest BCUT2D eigenvalue weighted by atomic mass is 10.1. The fraction of sp³-hybridized carbons (Fsp3) is 0.222. The van der Waals surface area contributed by atoms with Crippen molar-refractivity contribution in [1.29, 1.82) is 0 Å². The van der Waals surface area contributed by atoms with E-state index in [1.54, 1.807) is 18.2 Å². The number of carbonyl (C=O) groups is 2. The van der Waals surface area contributed by atoms with E-state index in [-0.39, 0.29) is 17.7 Å². The average Bonchev–Trinajstić information content (AvgIpc) is 3.38. The van der Waals surface area contributed by atoms with Crippen LogP contribution in [-0.4, -0.2) is 11.8 Å². The van der Waals surface area contributed by atoms with Gasteiger partial charge in [0.15, 0.2) is 0 Å². The molecule has 0 unspecified atom stereocenters. The Balaban J connectivity index is 1.55. The van der Waals surface area contributed by atoms with Gasteiger partial charge in [0, 0.05) is 33.8 Å². The quantitative estimate of drug-likeness (QED) is 0.834. The average molecular weight is 363 g/mol. The van der Waals surface area contributed by atoms with Crippen LogP contribution in [0.2, 0.25) is 10.0 Å². The monoisotopic (exact) mass is 362 g/mol. The van der Waals surface area contributed by atoms with Crippen molar-refractivity contribution in [3.05, 3.63) is 63.6 Å². The van der Waals surface area contributed by atoms with Crippen LogP contribution in [0.3, 0.4) is 0 Å². The van der Waals surface area contributed by atoms with Crippen molar-refractivity contribution in [2.45, 2.75) is 19.4 Å². The number of rotatable bonds is 5. The zero-order chi connectivity index (χ0) is 17.1. The maximum atomic E-state index is 12.1. The maximum absolute atomic E-state index is 12.1. The summed E-state index contributed by atoms with van der Waals surface area (Å²) < 4.78 is 0. The Morgan fingerprint density at radius 1 is 1.00 bits per heavy atom. The predicted octanol–water partition coefficient (Wildman–Crippen LogP) is 4.27. The van der Waals surface area contributed by atoms with Crippen molar-refractivity contribution in [2.24, 2.45) is 5.92 Å². The van der Waals surface area contributed by atoms with E-state index < -0.39 is 0 Å². The summed E-state index contributed by atoms with van der Waals surface area (Å²) in [4.78, 5) is 23.8. The predicted molar refractivity (Wildman–Crippen MR) is 95.4 cm³/mol. The number of nitrogens with one attached hydrogen (secondary N) is 2. The molecule has 2 aromatic carbocycles. The van der Waals surface area contributed by atoms with Gasteiger partial charge in [0.25, 0.3) is 5.91 Å². The normalized spacial score (nSPS) is 13.4. The highest BCUT2D eigenvalue weighted by molar-refractivity contribution is 6.35. The van der Waals surface area contributed by atoms with Gasteiger partial charge in [-0.1, -0.05) is 35.3 Å². The number of hydrogen-bond donors (Lipinski definition) is 2. The molecule has 0 heterocycles. The van der Waals surface area contributed by atoms with Gasteiger partial charge in [0.1, 0.15) is 0 Å². The van der Waals surface area contributed by atoms with Crippen molar-refractivity contribution in [1.82, 2.24) is 5.32 Å². The van der Waals surface area contributed by atoms with Crippen LogP contribution in [0.5, 0.6) is 0 Å². The first kappa shape index (κ1) is 16.8. The van der Waals surface area contributed by atoms with Crippen LogP contribution in [0.1, 0.15) is 28.8 Å². The molecule has 0 aromatic heterocycles. The molecule has 3 rings (SSSR count). The second-order valence-electron chi connectivity index (χ2n) is 5.80. The topological polar surface area (TPSA) is 58.2 Å². The van der Waals surface area contributed by atoms with Crippen molar-refractivity contribution in [2.75, 3.05) is 5.32 Å². The standard InChI is InChI=1S/C18H16Cl2N2O2/c19-14-7-13(8-15(20)9-14)17(23)21-10-11-1-5-16(6-2-11)22-18(24)12-3-4-12/h1-2,5-9,12H,3-4,10H2,(H,21,23)(H,22,24). The molecule has 2 N–H and O–H groups in total. The minimum Gasteiger partial charge on any atom is -0.348 e. The number of hydrogen-bond acceptors (Lipinski definition) is 2. The molecule has 4 nitrogen and oxygen atoms in total. The van der Waals surface area contributed by atoms with Crippen molar-refractivity contribution in [3.63, 3.8) is 0 Å². The summed E-state index contributed by atoms with van der Waals surface area (Å²) in [6.45, 7) is 0.375. The molecule has 0 spiro atoms. The Bertz CT molecular complexity index is 751. The molecule has 0 bridgehead atoms. The molecule has 1 fully saturated rings. The van der Waals surface area contributed by atoms with Crippen LogP contribution in [0.25, 0.3) is 0 Å². The first-order valence-corrected chi connectivity index (χ1v) is 8.41. The van der Waals surface area contributed by atoms with Gasteiger partial charge in [0.2, 0.25) is 5.91 Å². The van der Waals surface area contributed by atoms with Crippen LogP contribution in [0.4, 0.5) is 5.69 Å². The fourth-order valence-corrected chi connectivity index (χ4v) is 2.79. The lowest BCUT2D eigenvalue weighted by Gasteiger charge is -2.08. The van der Waals surface area contributed by atoms with E-state index in [1.165, 1.54) is 0 Å². The van der Waals surface area contributed by atoms with Crippen LogP contribution < -0.4 is 10.6 Å². The summed E-state index contributed by atoms with van der Waals surface area (Å²) in [7, 11) is 0. The van der Waals surface area contributed by atoms with Crippen molar-refractivity contribution in [3.8, 4) is 0 Å². The fourth-order valence-electron chi connectivity index (χ4n) is 2.27. The van der Waals surface area contributed by atoms with Crippen LogP contribution in [0, 0.1) is 5.92 Å². The Hall–Kier alpha value is -2.04. The van der Waals surface area contributed by atoms with E-state index >= 15 is 0 Å². The molecular formula is C18H16Cl2N2O2. The lowest BCUT2D eigenvalue weighted by Crippen LogP contribution is -2.22. The van der Waals surface area contributed by atoms with E-state index in [2.05, 4.69) is 10.6 Å². The molecule has 1 aliphatic rings. The zero-order valence-electron chi connectivity index (χ0n) is 12.8. The van der Waals surface area contributed by atoms with E-state index in [4.69, 9.17) is 23.2 Å². The molecule has 0 saturated heterocycles. The number of halogens is 2. The largest absolute Gasteiger partial charge is 0.348 e. The third-order valence-corrected chi connectivity index (χ3v) is 4.18. The second kappa shape index (κ2) is 7.24. The van der Waals surface area contributed by atoms with E-state index in [9.17, 15) is 9.59 Å². The summed E-state index contributed by atoms with van der Waals surface area (Å²) in [6.07, 6.45) is 1.95. The minimum absolute atomic E-state index is 0.0777. The van der Waals surface area contributed by atoms with E-state index in [0.29, 0.717) is 22.2 Å². The Morgan fingerprint density at radius 2 is 1.62 bits per heavy atom. The number of benzene rings is 2. The summed E-state index contributed by atoms with van der Waals surface area (Å²) in [6, 6.07) is 12.1. The maximum Gasteiger partial charge on any atom is 0.251 e. The highest BCUT2D eigenvalue weighted by Crippen LogP contribution is 2.30. The molecule has 0 aliphatic heterocycles. The molecule has 124 valence electrons.